The number of hydrogen-bond acceptors (Lipinski definition) is 9. The van der Waals surface area contributed by atoms with E-state index in [1.54, 1.807) is 0 Å². The van der Waals surface area contributed by atoms with E-state index < -0.39 is 0 Å². The summed E-state index contributed by atoms with van der Waals surface area (Å²) in [5.74, 6) is 0. The van der Waals surface area contributed by atoms with Crippen molar-refractivity contribution in [2.45, 2.75) is 117 Å². The third-order valence-corrected chi connectivity index (χ3v) is 8.01. The van der Waals surface area contributed by atoms with Gasteiger partial charge in [0, 0.05) is 52.4 Å². The lowest BCUT2D eigenvalue weighted by Crippen LogP contribution is -2.63. The topological polar surface area (TPSA) is 59.1 Å². The van der Waals surface area contributed by atoms with E-state index in [1.165, 1.54) is 0 Å². The smallest absolute Gasteiger partial charge is 0.0867 e. The van der Waals surface area contributed by atoms with Crippen LogP contribution in [0, 0.1) is 0 Å². The molecule has 8 unspecified atom stereocenters. The van der Waals surface area contributed by atoms with Gasteiger partial charge in [0.05, 0.1) is 74.4 Å². The minimum absolute atomic E-state index is 0.216. The van der Waals surface area contributed by atoms with Crippen LogP contribution in [-0.4, -0.2) is 146 Å². The molecule has 8 atom stereocenters. The number of ether oxygens (including phenoxy) is 5. The minimum atomic E-state index is 0.216. The molecule has 4 heterocycles. The van der Waals surface area contributed by atoms with Gasteiger partial charge < -0.3 is 23.7 Å². The highest BCUT2D eigenvalue weighted by Crippen LogP contribution is 2.23. The second-order valence-corrected chi connectivity index (χ2v) is 12.3. The van der Waals surface area contributed by atoms with Crippen molar-refractivity contribution in [3.63, 3.8) is 0 Å². The normalized spacial score (nSPS) is 41.5. The SMILES string of the molecule is CC1CN(C(COCC(N2CC(C)OC(C)C2)N2CC(C)OC(C)C2)N2CC(C)OC(C)C2)CC(C)O1. The van der Waals surface area contributed by atoms with Gasteiger partial charge in [0.2, 0.25) is 0 Å². The standard InChI is InChI=1S/C28H54N4O5/c1-19-9-29(10-20(2)34-19)27(30-11-21(3)35-22(4)12-30)17-33-18-28(31-13-23(5)36-24(6)14-31)32-15-25(7)37-26(8)16-32/h19-28H,9-18H2,1-8H3. The zero-order chi connectivity index (χ0) is 26.7. The monoisotopic (exact) mass is 526 g/mol. The minimum Gasteiger partial charge on any atom is -0.375 e. The molecule has 0 spiro atoms. The van der Waals surface area contributed by atoms with Crippen molar-refractivity contribution in [1.82, 2.24) is 19.6 Å². The summed E-state index contributed by atoms with van der Waals surface area (Å²) in [6.45, 7) is 26.3. The van der Waals surface area contributed by atoms with Crippen molar-refractivity contribution in [3.05, 3.63) is 0 Å². The average molecular weight is 527 g/mol. The van der Waals surface area contributed by atoms with E-state index in [1.807, 2.05) is 0 Å². The molecule has 9 nitrogen and oxygen atoms in total. The molecule has 4 fully saturated rings. The summed E-state index contributed by atoms with van der Waals surface area (Å²) in [7, 11) is 0. The van der Waals surface area contributed by atoms with Crippen LogP contribution in [0.3, 0.4) is 0 Å². The Morgan fingerprint density at radius 2 is 0.622 bits per heavy atom. The molecule has 4 aliphatic rings. The quantitative estimate of drug-likeness (QED) is 0.473. The van der Waals surface area contributed by atoms with Crippen LogP contribution in [0.15, 0.2) is 0 Å². The molecule has 0 aromatic rings. The number of hydrogen-bond donors (Lipinski definition) is 0. The number of nitrogens with zero attached hydrogens (tertiary/aromatic N) is 4. The molecular formula is C28H54N4O5. The molecule has 0 amide bonds. The summed E-state index contributed by atoms with van der Waals surface area (Å²) in [6, 6.07) is 0. The Morgan fingerprint density at radius 1 is 0.432 bits per heavy atom. The Bertz CT molecular complexity index is 555. The van der Waals surface area contributed by atoms with Crippen molar-refractivity contribution < 1.29 is 23.7 Å². The van der Waals surface area contributed by atoms with Crippen molar-refractivity contribution in [3.8, 4) is 0 Å². The molecule has 4 saturated heterocycles. The van der Waals surface area contributed by atoms with Crippen LogP contribution >= 0.6 is 0 Å². The molecule has 0 saturated carbocycles. The number of rotatable bonds is 8. The largest absolute Gasteiger partial charge is 0.375 e. The zero-order valence-electron chi connectivity index (χ0n) is 24.7. The van der Waals surface area contributed by atoms with Gasteiger partial charge in [0.1, 0.15) is 0 Å². The van der Waals surface area contributed by atoms with Crippen LogP contribution in [0.1, 0.15) is 55.4 Å². The van der Waals surface area contributed by atoms with Crippen LogP contribution in [0.4, 0.5) is 0 Å². The van der Waals surface area contributed by atoms with Gasteiger partial charge in [-0.15, -0.1) is 0 Å². The lowest BCUT2D eigenvalue weighted by atomic mass is 10.1. The van der Waals surface area contributed by atoms with Crippen molar-refractivity contribution >= 4 is 0 Å². The lowest BCUT2D eigenvalue weighted by molar-refractivity contribution is -0.169. The first-order valence-electron chi connectivity index (χ1n) is 14.7. The molecule has 0 aliphatic carbocycles. The fourth-order valence-electron chi connectivity index (χ4n) is 7.01. The Labute approximate surface area is 225 Å². The molecule has 4 aliphatic heterocycles. The first kappa shape index (κ1) is 29.6. The van der Waals surface area contributed by atoms with Crippen molar-refractivity contribution in [2.24, 2.45) is 0 Å². The van der Waals surface area contributed by atoms with E-state index in [0.717, 1.165) is 52.4 Å². The number of morpholine rings is 4. The summed E-state index contributed by atoms with van der Waals surface area (Å²) in [4.78, 5) is 10.3. The summed E-state index contributed by atoms with van der Waals surface area (Å²) in [5, 5.41) is 0. The fraction of sp³-hybridized carbons (Fsp3) is 1.00. The van der Waals surface area contributed by atoms with Crippen LogP contribution in [0.2, 0.25) is 0 Å². The third-order valence-electron chi connectivity index (χ3n) is 8.01. The van der Waals surface area contributed by atoms with E-state index in [2.05, 4.69) is 75.0 Å². The van der Waals surface area contributed by atoms with Gasteiger partial charge in [-0.2, -0.15) is 0 Å². The van der Waals surface area contributed by atoms with Crippen molar-refractivity contribution in [1.29, 1.82) is 0 Å². The maximum absolute atomic E-state index is 6.72. The van der Waals surface area contributed by atoms with Crippen LogP contribution < -0.4 is 0 Å². The van der Waals surface area contributed by atoms with E-state index in [-0.39, 0.29) is 61.2 Å². The molecule has 0 aromatic heterocycles. The second kappa shape index (κ2) is 13.3. The Morgan fingerprint density at radius 3 is 0.811 bits per heavy atom. The van der Waals surface area contributed by atoms with Gasteiger partial charge in [-0.1, -0.05) is 0 Å². The maximum Gasteiger partial charge on any atom is 0.0867 e. The molecule has 9 heteroatoms. The van der Waals surface area contributed by atoms with E-state index in [4.69, 9.17) is 23.7 Å². The Balaban J connectivity index is 1.47. The molecule has 0 bridgehead atoms. The molecular weight excluding hydrogens is 472 g/mol. The van der Waals surface area contributed by atoms with Crippen LogP contribution in [0.5, 0.6) is 0 Å². The van der Waals surface area contributed by atoms with Gasteiger partial charge in [-0.05, 0) is 55.4 Å². The summed E-state index contributed by atoms with van der Waals surface area (Å²) < 4.78 is 31.0. The molecule has 216 valence electrons. The summed E-state index contributed by atoms with van der Waals surface area (Å²) in [5.41, 5.74) is 0. The predicted octanol–water partition coefficient (Wildman–Crippen LogP) is 2.09. The highest BCUT2D eigenvalue weighted by molar-refractivity contribution is 4.87. The molecule has 0 N–H and O–H groups in total. The van der Waals surface area contributed by atoms with Crippen molar-refractivity contribution in [2.75, 3.05) is 65.6 Å². The summed E-state index contributed by atoms with van der Waals surface area (Å²) in [6.07, 6.45) is 2.23. The van der Waals surface area contributed by atoms with Gasteiger partial charge in [-0.25, -0.2) is 0 Å². The first-order valence-corrected chi connectivity index (χ1v) is 14.7. The predicted molar refractivity (Wildman–Crippen MR) is 145 cm³/mol. The highest BCUT2D eigenvalue weighted by atomic mass is 16.5. The lowest BCUT2D eigenvalue weighted by Gasteiger charge is -2.49. The summed E-state index contributed by atoms with van der Waals surface area (Å²) >= 11 is 0. The molecule has 0 aromatic carbocycles. The van der Waals surface area contributed by atoms with Gasteiger partial charge in [0.25, 0.3) is 0 Å². The van der Waals surface area contributed by atoms with Crippen LogP contribution in [0.25, 0.3) is 0 Å². The highest BCUT2D eigenvalue weighted by Gasteiger charge is 2.38. The fourth-order valence-corrected chi connectivity index (χ4v) is 7.01. The second-order valence-electron chi connectivity index (χ2n) is 12.3. The van der Waals surface area contributed by atoms with Crippen LogP contribution in [-0.2, 0) is 23.7 Å². The zero-order valence-corrected chi connectivity index (χ0v) is 24.7. The van der Waals surface area contributed by atoms with E-state index in [0.29, 0.717) is 13.2 Å². The Kier molecular flexibility index (Phi) is 10.7. The van der Waals surface area contributed by atoms with Gasteiger partial charge in [-0.3, -0.25) is 19.6 Å². The average Bonchev–Trinajstić information content (AvgIpc) is 2.76. The first-order chi connectivity index (χ1) is 17.6. The third kappa shape index (κ3) is 8.32. The molecule has 4 rings (SSSR count). The maximum atomic E-state index is 6.72. The molecule has 37 heavy (non-hydrogen) atoms. The molecule has 0 radical (unpaired) electrons. The van der Waals surface area contributed by atoms with Gasteiger partial charge >= 0.3 is 0 Å². The van der Waals surface area contributed by atoms with E-state index in [9.17, 15) is 0 Å². The Hall–Kier alpha value is -0.360. The van der Waals surface area contributed by atoms with E-state index >= 15 is 0 Å². The van der Waals surface area contributed by atoms with Gasteiger partial charge in [0.15, 0.2) is 0 Å².